The molecule has 0 fully saturated rings. The highest BCUT2D eigenvalue weighted by Crippen LogP contribution is 2.58. The van der Waals surface area contributed by atoms with Crippen molar-refractivity contribution in [2.24, 2.45) is 0 Å². The van der Waals surface area contributed by atoms with Crippen LogP contribution in [0, 0.1) is 0 Å². The fourth-order valence-corrected chi connectivity index (χ4v) is 12.5. The molecule has 0 radical (unpaired) electrons. The van der Waals surface area contributed by atoms with Crippen molar-refractivity contribution < 1.29 is 57.1 Å². The average Bonchev–Trinajstić information content (AvgIpc) is 0.701. The Morgan fingerprint density at radius 1 is 0.277 bits per heavy atom. The number of unbranched alkanes of at least 4 members (excludes halogenated alkanes) is 4. The van der Waals surface area contributed by atoms with Crippen LogP contribution in [0.4, 0.5) is 0 Å². The number of aryl methyl sites for hydroxylation is 2. The van der Waals surface area contributed by atoms with E-state index >= 15 is 19.2 Å². The molecule has 0 N–H and O–H groups in total. The van der Waals surface area contributed by atoms with E-state index in [2.05, 4.69) is 27.7 Å². The number of fused-ring (bicyclic) bond motifs is 2. The number of carbonyl (C=O) groups is 4. The van der Waals surface area contributed by atoms with Gasteiger partial charge >= 0.3 is 0 Å². The second-order valence-corrected chi connectivity index (χ2v) is 23.9. The highest BCUT2D eigenvalue weighted by atomic mass is 16.5. The third-order valence-corrected chi connectivity index (χ3v) is 17.3. The van der Waals surface area contributed by atoms with Crippen molar-refractivity contribution in [1.82, 2.24) is 18.9 Å². The minimum atomic E-state index is -0.515. The summed E-state index contributed by atoms with van der Waals surface area (Å²) in [4.78, 5) is 65.4. The molecule has 0 saturated heterocycles. The molecule has 2 aliphatic rings. The van der Waals surface area contributed by atoms with E-state index in [1.54, 1.807) is 24.3 Å². The maximum absolute atomic E-state index is 15.7. The van der Waals surface area contributed by atoms with Crippen LogP contribution in [0.15, 0.2) is 170 Å². The molecule has 94 heavy (non-hydrogen) atoms. The number of nitrogens with zero attached hydrogens (tertiary/aromatic N) is 4. The van der Waals surface area contributed by atoms with Gasteiger partial charge in [0.15, 0.2) is 0 Å². The van der Waals surface area contributed by atoms with E-state index in [0.29, 0.717) is 141 Å². The number of hydrogen-bond acceptors (Lipinski definition) is 12. The van der Waals surface area contributed by atoms with Crippen molar-refractivity contribution in [1.29, 1.82) is 0 Å². The van der Waals surface area contributed by atoms with E-state index in [1.807, 2.05) is 155 Å². The first-order valence-electron chi connectivity index (χ1n) is 33.0. The molecule has 2 aromatic heterocycles. The van der Waals surface area contributed by atoms with E-state index in [0.717, 1.165) is 51.4 Å². The Hall–Kier alpha value is -10.5. The number of amides is 4. The first-order valence-corrected chi connectivity index (χ1v) is 33.0. The minimum absolute atomic E-state index is 0.103. The molecule has 2 aliphatic heterocycles. The largest absolute Gasteiger partial charge is 0.494 e. The van der Waals surface area contributed by atoms with Gasteiger partial charge < -0.3 is 47.0 Å². The second kappa shape index (κ2) is 28.2. The molecule has 0 spiro atoms. The Morgan fingerprint density at radius 2 is 0.511 bits per heavy atom. The van der Waals surface area contributed by atoms with Crippen molar-refractivity contribution in [2.75, 3.05) is 39.5 Å². The Kier molecular flexibility index (Phi) is 18.7. The number of hydrogen-bond donors (Lipinski definition) is 0. The summed E-state index contributed by atoms with van der Waals surface area (Å²) < 4.78 is 57.4. The predicted octanol–water partition coefficient (Wildman–Crippen LogP) is 18.6. The van der Waals surface area contributed by atoms with Crippen molar-refractivity contribution in [3.8, 4) is 69.0 Å². The summed E-state index contributed by atoms with van der Waals surface area (Å²) in [6, 6.07) is 43.8. The Morgan fingerprint density at radius 3 is 0.745 bits per heavy atom. The average molecular weight is 1260 g/mol. The quantitative estimate of drug-likeness (QED) is 0.0170. The minimum Gasteiger partial charge on any atom is -0.494 e. The zero-order chi connectivity index (χ0) is 64.7. The lowest BCUT2D eigenvalue weighted by Gasteiger charge is -2.32. The highest BCUT2D eigenvalue weighted by molar-refractivity contribution is 6.44. The van der Waals surface area contributed by atoms with Crippen molar-refractivity contribution >= 4 is 66.7 Å². The van der Waals surface area contributed by atoms with Gasteiger partial charge in [-0.1, -0.05) is 53.4 Å². The molecular weight excluding hydrogens is 1180 g/mol. The van der Waals surface area contributed by atoms with Crippen LogP contribution in [-0.4, -0.2) is 82.1 Å². The predicted molar refractivity (Wildman–Crippen MR) is 364 cm³/mol. The molecule has 0 atom stereocenters. The van der Waals surface area contributed by atoms with Gasteiger partial charge in [-0.3, -0.25) is 29.0 Å². The Labute approximate surface area is 546 Å². The summed E-state index contributed by atoms with van der Waals surface area (Å²) >= 11 is 0. The lowest BCUT2D eigenvalue weighted by Crippen LogP contribution is -2.41. The normalized spacial score (nSPS) is 12.9. The van der Waals surface area contributed by atoms with Crippen LogP contribution in [0.3, 0.4) is 0 Å². The number of imide groups is 2. The standard InChI is InChI=1S/C78H76N4O12/c1-5-9-43-87-51-19-27-55(28-20-51)91-63-47-59-67-60(76(84)81(75(59)83)41-17-39-79-35-13-14-36-79)49-65(93-57-31-23-53(24-32-57)89-45-11-7-3)71-72-66(94-58-33-25-54(26-34-58)90-46-12-8-4)50-62-68-61(77(85)82(78(62)86)42-18-40-80-37-15-16-38-80)48-64(70(74(68)72)69(63)73(67)71)92-56-29-21-52(22-30-56)88-44-10-6-2/h13-16,19-38,47-50H,5-12,17-18,39-46H2,1-4H3. The summed E-state index contributed by atoms with van der Waals surface area (Å²) in [7, 11) is 0. The van der Waals surface area contributed by atoms with Crippen molar-refractivity contribution in [3.05, 3.63) is 193 Å². The van der Waals surface area contributed by atoms with E-state index in [9.17, 15) is 0 Å². The van der Waals surface area contributed by atoms with Crippen LogP contribution in [0.25, 0.3) is 43.1 Å². The smallest absolute Gasteiger partial charge is 0.261 e. The van der Waals surface area contributed by atoms with Gasteiger partial charge in [-0.05, 0) is 184 Å². The third-order valence-electron chi connectivity index (χ3n) is 17.3. The highest BCUT2D eigenvalue weighted by Gasteiger charge is 2.41. The molecule has 0 saturated carbocycles. The summed E-state index contributed by atoms with van der Waals surface area (Å²) in [5.41, 5.74) is 0.842. The zero-order valence-electron chi connectivity index (χ0n) is 53.6. The molecule has 0 aliphatic carbocycles. The molecule has 0 bridgehead atoms. The molecule has 0 unspecified atom stereocenters. The fraction of sp³-hybridized carbons (Fsp3) is 0.282. The SMILES string of the molecule is CCCCOc1ccc(Oc2cc3c4c(cc(Oc5ccc(OCCCC)cc5)c5c6c(Oc7ccc(OCCCC)cc7)cc7c8c(cc(Oc9ccc(OCCCC)cc9)c(c2c45)c86)C(=O)N(CCCn2cccc2)C7=O)C(=O)N(CCCn2cccc2)C3=O)cc1. The first-order chi connectivity index (χ1) is 46.1. The monoisotopic (exact) mass is 1260 g/mol. The summed E-state index contributed by atoms with van der Waals surface area (Å²) in [6.07, 6.45) is 16.1. The molecule has 16 nitrogen and oxygen atoms in total. The van der Waals surface area contributed by atoms with Crippen LogP contribution in [-0.2, 0) is 13.1 Å². The molecule has 16 heteroatoms. The first kappa shape index (κ1) is 62.3. The van der Waals surface area contributed by atoms with Gasteiger partial charge in [-0.2, -0.15) is 0 Å². The lowest BCUT2D eigenvalue weighted by molar-refractivity contribution is 0.0591. The van der Waals surface area contributed by atoms with Crippen LogP contribution in [0.2, 0.25) is 0 Å². The van der Waals surface area contributed by atoms with E-state index in [-0.39, 0.29) is 58.3 Å². The van der Waals surface area contributed by atoms with Gasteiger partial charge in [-0.15, -0.1) is 0 Å². The van der Waals surface area contributed by atoms with Gasteiger partial charge in [0.25, 0.3) is 23.6 Å². The van der Waals surface area contributed by atoms with Crippen LogP contribution in [0.5, 0.6) is 69.0 Å². The molecule has 11 aromatic rings. The molecular formula is C78H76N4O12. The zero-order valence-corrected chi connectivity index (χ0v) is 53.6. The van der Waals surface area contributed by atoms with Crippen molar-refractivity contribution in [3.63, 3.8) is 0 Å². The van der Waals surface area contributed by atoms with Gasteiger partial charge in [-0.25, -0.2) is 0 Å². The molecule has 4 amide bonds. The van der Waals surface area contributed by atoms with E-state index < -0.39 is 23.6 Å². The van der Waals surface area contributed by atoms with Crippen LogP contribution in [0.1, 0.15) is 133 Å². The summed E-state index contributed by atoms with van der Waals surface area (Å²) in [5, 5.41) is 3.15. The van der Waals surface area contributed by atoms with Crippen LogP contribution >= 0.6 is 0 Å². The maximum Gasteiger partial charge on any atom is 0.261 e. The van der Waals surface area contributed by atoms with E-state index in [4.69, 9.17) is 37.9 Å². The van der Waals surface area contributed by atoms with Gasteiger partial charge in [0.2, 0.25) is 0 Å². The molecule has 4 heterocycles. The van der Waals surface area contributed by atoms with Gasteiger partial charge in [0.05, 0.1) is 48.7 Å². The second-order valence-electron chi connectivity index (χ2n) is 23.9. The van der Waals surface area contributed by atoms with Gasteiger partial charge in [0, 0.05) is 94.1 Å². The Bertz CT molecular complexity index is 3980. The number of carbonyl (C=O) groups excluding carboxylic acids is 4. The number of benzene rings is 9. The topological polar surface area (TPSA) is 158 Å². The third kappa shape index (κ3) is 12.8. The number of aromatic nitrogens is 2. The molecule has 480 valence electrons. The molecule has 13 rings (SSSR count). The fourth-order valence-electron chi connectivity index (χ4n) is 12.5. The Balaban J connectivity index is 1.12. The maximum atomic E-state index is 15.7. The molecule has 9 aromatic carbocycles. The lowest BCUT2D eigenvalue weighted by atomic mass is 9.80. The number of rotatable bonds is 32. The van der Waals surface area contributed by atoms with E-state index in [1.165, 1.54) is 9.80 Å². The summed E-state index contributed by atoms with van der Waals surface area (Å²) in [5.74, 6) is 3.04. The van der Waals surface area contributed by atoms with Crippen LogP contribution < -0.4 is 37.9 Å². The van der Waals surface area contributed by atoms with Crippen molar-refractivity contribution in [2.45, 2.75) is 105 Å². The van der Waals surface area contributed by atoms with Gasteiger partial charge in [0.1, 0.15) is 69.0 Å². The summed E-state index contributed by atoms with van der Waals surface area (Å²) in [6.45, 7) is 11.9. The number of ether oxygens (including phenoxy) is 8.